The molecular weight excluding hydrogens is 207 g/mol. The predicted octanol–water partition coefficient (Wildman–Crippen LogP) is -6.26. The zero-order valence-electron chi connectivity index (χ0n) is 8.24. The van der Waals surface area contributed by atoms with Crippen LogP contribution in [0.4, 0.5) is 0 Å². The summed E-state index contributed by atoms with van der Waals surface area (Å²) in [6.07, 6.45) is -6.84. The molecule has 4 atom stereocenters. The van der Waals surface area contributed by atoms with Crippen molar-refractivity contribution < 1.29 is 83.1 Å². The van der Waals surface area contributed by atoms with Crippen LogP contribution in [0.2, 0.25) is 0 Å². The average Bonchev–Trinajstić information content (AvgIpc) is 2.12. The van der Waals surface area contributed by atoms with Crippen molar-refractivity contribution in [2.45, 2.75) is 24.4 Å². The van der Waals surface area contributed by atoms with Crippen molar-refractivity contribution >= 4 is 6.29 Å². The quantitative estimate of drug-likeness (QED) is 0.232. The van der Waals surface area contributed by atoms with Crippen molar-refractivity contribution in [3.63, 3.8) is 0 Å². The molecule has 0 fully saturated rings. The van der Waals surface area contributed by atoms with Crippen LogP contribution in [-0.2, 0) is 4.79 Å². The van der Waals surface area contributed by atoms with Crippen LogP contribution in [0, 0.1) is 0 Å². The van der Waals surface area contributed by atoms with Crippen molar-refractivity contribution in [1.29, 1.82) is 0 Å². The van der Waals surface area contributed by atoms with Crippen LogP contribution in [0.1, 0.15) is 1.43 Å². The molecule has 0 heterocycles. The second-order valence-corrected chi connectivity index (χ2v) is 2.36. The third-order valence-electron chi connectivity index (χ3n) is 1.42. The summed E-state index contributed by atoms with van der Waals surface area (Å²) in [5.41, 5.74) is 0. The van der Waals surface area contributed by atoms with E-state index in [0.29, 0.717) is 0 Å². The molecule has 0 aromatic heterocycles. The Morgan fingerprint density at radius 1 is 1.15 bits per heavy atom. The van der Waals surface area contributed by atoms with Gasteiger partial charge in [-0.2, -0.15) is 0 Å². The molecule has 0 unspecified atom stereocenters. The van der Waals surface area contributed by atoms with E-state index in [2.05, 4.69) is 0 Å². The minimum Gasteiger partial charge on any atom is -1.00 e. The van der Waals surface area contributed by atoms with Crippen molar-refractivity contribution in [1.82, 2.24) is 0 Å². The molecule has 0 radical (unpaired) electrons. The number of carbonyl (C=O) groups is 1. The van der Waals surface area contributed by atoms with E-state index in [1.807, 2.05) is 0 Å². The van der Waals surface area contributed by atoms with Gasteiger partial charge >= 0.3 is 51.4 Å². The molecule has 0 aromatic rings. The average molecular weight is 220 g/mol. The molecule has 0 amide bonds. The van der Waals surface area contributed by atoms with E-state index in [1.165, 1.54) is 0 Å². The van der Waals surface area contributed by atoms with Gasteiger partial charge in [0, 0.05) is 0 Å². The van der Waals surface area contributed by atoms with Crippen molar-refractivity contribution in [3.05, 3.63) is 0 Å². The molecule has 6 nitrogen and oxygen atoms in total. The van der Waals surface area contributed by atoms with Crippen LogP contribution in [0.3, 0.4) is 0 Å². The molecule has 0 rings (SSSR count). The summed E-state index contributed by atoms with van der Waals surface area (Å²) in [4.78, 5) is 9.90. The first-order valence-electron chi connectivity index (χ1n) is 3.33. The van der Waals surface area contributed by atoms with Crippen LogP contribution in [0.25, 0.3) is 0 Å². The number of aldehydes is 1. The Balaban J connectivity index is -0.000000605. The summed E-state index contributed by atoms with van der Waals surface area (Å²) in [7, 11) is 0. The molecule has 5 N–H and O–H groups in total. The van der Waals surface area contributed by atoms with Crippen LogP contribution >= 0.6 is 0 Å². The summed E-state index contributed by atoms with van der Waals surface area (Å²) in [5.74, 6) is 0. The van der Waals surface area contributed by atoms with Crippen LogP contribution in [0.15, 0.2) is 0 Å². The molecule has 0 aliphatic carbocycles. The molecule has 13 heavy (non-hydrogen) atoms. The Hall–Kier alpha value is 1.11. The largest absolute Gasteiger partial charge is 1.00 e. The maximum Gasteiger partial charge on any atom is 1.00 e. The monoisotopic (exact) mass is 220 g/mol. The van der Waals surface area contributed by atoms with Crippen LogP contribution < -0.4 is 51.4 Å². The summed E-state index contributed by atoms with van der Waals surface area (Å²) in [6, 6.07) is 0. The first-order valence-corrected chi connectivity index (χ1v) is 3.33. The van der Waals surface area contributed by atoms with Gasteiger partial charge in [0.15, 0.2) is 6.29 Å². The van der Waals surface area contributed by atoms with Crippen LogP contribution in [0.5, 0.6) is 0 Å². The molecular formula is C6H13KO6. The molecule has 7 heteroatoms. The van der Waals surface area contributed by atoms with Gasteiger partial charge in [0.1, 0.15) is 24.4 Å². The summed E-state index contributed by atoms with van der Waals surface area (Å²) in [6.45, 7) is -0.760. The van der Waals surface area contributed by atoms with Crippen molar-refractivity contribution in [2.75, 3.05) is 6.61 Å². The number of aliphatic hydroxyl groups is 5. The van der Waals surface area contributed by atoms with Crippen molar-refractivity contribution in [3.8, 4) is 0 Å². The van der Waals surface area contributed by atoms with Gasteiger partial charge in [0.05, 0.1) is 6.61 Å². The number of hydrogen-bond donors (Lipinski definition) is 5. The Labute approximate surface area is 119 Å². The third-order valence-corrected chi connectivity index (χ3v) is 1.42. The van der Waals surface area contributed by atoms with E-state index >= 15 is 0 Å². The maximum atomic E-state index is 9.90. The zero-order valence-corrected chi connectivity index (χ0v) is 10.4. The first kappa shape index (κ1) is 16.5. The fourth-order valence-electron chi connectivity index (χ4n) is 0.618. The smallest absolute Gasteiger partial charge is 1.00 e. The summed E-state index contributed by atoms with van der Waals surface area (Å²) in [5, 5.41) is 43.5. The summed E-state index contributed by atoms with van der Waals surface area (Å²) >= 11 is 0. The van der Waals surface area contributed by atoms with Gasteiger partial charge in [0.2, 0.25) is 0 Å². The molecule has 0 saturated carbocycles. The third kappa shape index (κ3) is 5.52. The number of carbonyl (C=O) groups excluding carboxylic acids is 1. The number of aliphatic hydroxyl groups excluding tert-OH is 5. The second kappa shape index (κ2) is 8.42. The molecule has 0 aliphatic heterocycles. The molecule has 0 aromatic carbocycles. The van der Waals surface area contributed by atoms with E-state index < -0.39 is 31.0 Å². The van der Waals surface area contributed by atoms with Gasteiger partial charge in [-0.3, -0.25) is 0 Å². The first-order chi connectivity index (χ1) is 5.54. The fraction of sp³-hybridized carbons (Fsp3) is 0.833. The van der Waals surface area contributed by atoms with Gasteiger partial charge in [-0.05, 0) is 0 Å². The predicted molar refractivity (Wildman–Crippen MR) is 38.3 cm³/mol. The van der Waals surface area contributed by atoms with Crippen molar-refractivity contribution in [2.24, 2.45) is 0 Å². The Kier molecular flexibility index (Phi) is 10.7. The van der Waals surface area contributed by atoms with Gasteiger partial charge < -0.3 is 31.8 Å². The summed E-state index contributed by atoms with van der Waals surface area (Å²) < 4.78 is 0. The van der Waals surface area contributed by atoms with E-state index in [9.17, 15) is 4.79 Å². The number of rotatable bonds is 5. The standard InChI is InChI=1S/C6H12O6.K.H/c7-1-3(9)5(11)6(12)4(10)2-8;;/h1,3-6,8-12H,2H2;;/q;+1;-1/t3-,4-,5-,6-;;/m1../s1. The topological polar surface area (TPSA) is 118 Å². The fourth-order valence-corrected chi connectivity index (χ4v) is 0.618. The normalized spacial score (nSPS) is 19.5. The molecule has 0 saturated heterocycles. The SMILES string of the molecule is O=C[C@@H](O)[C@@H](O)[C@H](O)[C@H](O)CO.[H-].[K+]. The number of hydrogen-bond acceptors (Lipinski definition) is 6. The minimum absolute atomic E-state index is 0. The van der Waals surface area contributed by atoms with Crippen LogP contribution in [-0.4, -0.2) is 62.8 Å². The van der Waals surface area contributed by atoms with E-state index in [1.54, 1.807) is 0 Å². The van der Waals surface area contributed by atoms with E-state index in [4.69, 9.17) is 25.5 Å². The van der Waals surface area contributed by atoms with Gasteiger partial charge in [-0.25, -0.2) is 0 Å². The Morgan fingerprint density at radius 3 is 1.92 bits per heavy atom. The Bertz CT molecular complexity index is 148. The van der Waals surface area contributed by atoms with Gasteiger partial charge in [-0.15, -0.1) is 0 Å². The second-order valence-electron chi connectivity index (χ2n) is 2.36. The molecule has 0 aliphatic rings. The Morgan fingerprint density at radius 2 is 1.62 bits per heavy atom. The van der Waals surface area contributed by atoms with E-state index in [0.717, 1.165) is 0 Å². The molecule has 0 bridgehead atoms. The minimum atomic E-state index is -1.79. The zero-order chi connectivity index (χ0) is 9.72. The maximum absolute atomic E-state index is 9.90. The molecule has 0 spiro atoms. The van der Waals surface area contributed by atoms with Gasteiger partial charge in [0.25, 0.3) is 0 Å². The van der Waals surface area contributed by atoms with Gasteiger partial charge in [-0.1, -0.05) is 0 Å². The van der Waals surface area contributed by atoms with E-state index in [-0.39, 0.29) is 59.1 Å². The molecule has 74 valence electrons.